The normalized spacial score (nSPS) is 12.6. The number of aryl methyl sites for hydroxylation is 3. The van der Waals surface area contributed by atoms with Crippen molar-refractivity contribution in [3.05, 3.63) is 57.4 Å². The molecule has 0 aliphatic carbocycles. The summed E-state index contributed by atoms with van der Waals surface area (Å²) in [6.45, 7) is 10.4. The molecule has 8 heteroatoms. The van der Waals surface area contributed by atoms with Crippen molar-refractivity contribution in [1.29, 1.82) is 0 Å². The number of hydrogen-bond donors (Lipinski definition) is 2. The fourth-order valence-corrected chi connectivity index (χ4v) is 2.72. The van der Waals surface area contributed by atoms with E-state index in [1.54, 1.807) is 12.1 Å². The lowest BCUT2D eigenvalue weighted by Gasteiger charge is -2.17. The summed E-state index contributed by atoms with van der Waals surface area (Å²) in [5.41, 5.74) is 3.22. The largest absolute Gasteiger partial charge is 0.356 e. The molecule has 28 heavy (non-hydrogen) atoms. The zero-order valence-electron chi connectivity index (χ0n) is 17.1. The van der Waals surface area contributed by atoms with Crippen LogP contribution in [0.4, 0.5) is 5.69 Å². The molecule has 0 aliphatic rings. The van der Waals surface area contributed by atoms with Gasteiger partial charge >= 0.3 is 0 Å². The summed E-state index contributed by atoms with van der Waals surface area (Å²) in [7, 11) is 0. The Bertz CT molecular complexity index is 798. The summed E-state index contributed by atoms with van der Waals surface area (Å²) in [5.74, 6) is 0.751. The number of aromatic nitrogens is 2. The van der Waals surface area contributed by atoms with E-state index in [-0.39, 0.29) is 5.69 Å². The Morgan fingerprint density at radius 1 is 1.32 bits per heavy atom. The highest BCUT2D eigenvalue weighted by Gasteiger charge is 2.06. The SMILES string of the molecule is CCC(C)NC(=NCc1ccc([N+](=O)[O-])cc1)NCCCn1nc(C)cc1C. The van der Waals surface area contributed by atoms with Crippen molar-refractivity contribution in [1.82, 2.24) is 20.4 Å². The van der Waals surface area contributed by atoms with Crippen LogP contribution in [0.5, 0.6) is 0 Å². The highest BCUT2D eigenvalue weighted by Crippen LogP contribution is 2.12. The fraction of sp³-hybridized carbons (Fsp3) is 0.500. The lowest BCUT2D eigenvalue weighted by atomic mass is 10.2. The van der Waals surface area contributed by atoms with Crippen molar-refractivity contribution in [3.8, 4) is 0 Å². The van der Waals surface area contributed by atoms with Gasteiger partial charge in [-0.15, -0.1) is 0 Å². The van der Waals surface area contributed by atoms with Crippen molar-refractivity contribution in [2.45, 2.75) is 59.7 Å². The molecule has 0 radical (unpaired) electrons. The van der Waals surface area contributed by atoms with Gasteiger partial charge in [0.25, 0.3) is 5.69 Å². The molecule has 2 rings (SSSR count). The van der Waals surface area contributed by atoms with Gasteiger partial charge in [-0.05, 0) is 45.2 Å². The molecule has 1 aromatic heterocycles. The van der Waals surface area contributed by atoms with Gasteiger partial charge in [0.2, 0.25) is 0 Å². The minimum Gasteiger partial charge on any atom is -0.356 e. The predicted molar refractivity (Wildman–Crippen MR) is 111 cm³/mol. The Labute approximate surface area is 166 Å². The van der Waals surface area contributed by atoms with Crippen molar-refractivity contribution in [3.63, 3.8) is 0 Å². The van der Waals surface area contributed by atoms with Crippen molar-refractivity contribution >= 4 is 11.6 Å². The van der Waals surface area contributed by atoms with Crippen molar-refractivity contribution in [2.24, 2.45) is 4.99 Å². The van der Waals surface area contributed by atoms with Crippen LogP contribution < -0.4 is 10.6 Å². The topological polar surface area (TPSA) is 97.4 Å². The maximum absolute atomic E-state index is 10.8. The van der Waals surface area contributed by atoms with E-state index in [0.29, 0.717) is 12.6 Å². The number of rotatable bonds is 9. The highest BCUT2D eigenvalue weighted by atomic mass is 16.6. The Kier molecular flexibility index (Phi) is 7.98. The minimum absolute atomic E-state index is 0.0907. The van der Waals surface area contributed by atoms with E-state index >= 15 is 0 Å². The molecule has 0 amide bonds. The number of aliphatic imine (C=N–C) groups is 1. The highest BCUT2D eigenvalue weighted by molar-refractivity contribution is 5.80. The summed E-state index contributed by atoms with van der Waals surface area (Å²) in [6, 6.07) is 8.88. The number of hydrogen-bond acceptors (Lipinski definition) is 4. The van der Waals surface area contributed by atoms with Crippen LogP contribution in [0.1, 0.15) is 43.6 Å². The zero-order chi connectivity index (χ0) is 20.5. The molecule has 1 unspecified atom stereocenters. The molecule has 8 nitrogen and oxygen atoms in total. The smallest absolute Gasteiger partial charge is 0.269 e. The lowest BCUT2D eigenvalue weighted by molar-refractivity contribution is -0.384. The first-order valence-electron chi connectivity index (χ1n) is 9.68. The van der Waals surface area contributed by atoms with Gasteiger partial charge in [0.1, 0.15) is 0 Å². The van der Waals surface area contributed by atoms with Gasteiger partial charge in [-0.3, -0.25) is 14.8 Å². The van der Waals surface area contributed by atoms with E-state index in [4.69, 9.17) is 0 Å². The van der Waals surface area contributed by atoms with Gasteiger partial charge in [0.15, 0.2) is 5.96 Å². The summed E-state index contributed by atoms with van der Waals surface area (Å²) in [4.78, 5) is 15.0. The molecule has 2 N–H and O–H groups in total. The van der Waals surface area contributed by atoms with Crippen molar-refractivity contribution < 1.29 is 4.92 Å². The Hall–Kier alpha value is -2.90. The molecule has 1 heterocycles. The molecule has 0 spiro atoms. The Balaban J connectivity index is 1.91. The third kappa shape index (κ3) is 6.68. The molecule has 0 saturated carbocycles. The zero-order valence-corrected chi connectivity index (χ0v) is 17.1. The Morgan fingerprint density at radius 3 is 2.61 bits per heavy atom. The van der Waals surface area contributed by atoms with E-state index in [1.807, 2.05) is 11.6 Å². The quantitative estimate of drug-likeness (QED) is 0.226. The standard InChI is InChI=1S/C20H30N6O2/c1-5-15(2)23-20(21-11-6-12-25-17(4)13-16(3)24-25)22-14-18-7-9-19(10-8-18)26(27)28/h7-10,13,15H,5-6,11-12,14H2,1-4H3,(H2,21,22,23). The number of benzene rings is 1. The van der Waals surface area contributed by atoms with Crippen LogP contribution in [0.15, 0.2) is 35.3 Å². The van der Waals surface area contributed by atoms with Crippen LogP contribution in [0.2, 0.25) is 0 Å². The van der Waals surface area contributed by atoms with Gasteiger partial charge in [-0.1, -0.05) is 19.1 Å². The second-order valence-electron chi connectivity index (χ2n) is 6.97. The van der Waals surface area contributed by atoms with Crippen LogP contribution >= 0.6 is 0 Å². The van der Waals surface area contributed by atoms with E-state index in [0.717, 1.165) is 43.1 Å². The molecule has 152 valence electrons. The van der Waals surface area contributed by atoms with Gasteiger partial charge in [-0.2, -0.15) is 5.10 Å². The number of nitrogens with one attached hydrogen (secondary N) is 2. The lowest BCUT2D eigenvalue weighted by Crippen LogP contribution is -2.42. The molecule has 0 bridgehead atoms. The summed E-state index contributed by atoms with van der Waals surface area (Å²) in [6.07, 6.45) is 1.92. The molecule has 2 aromatic rings. The van der Waals surface area contributed by atoms with Gasteiger partial charge in [0, 0.05) is 37.0 Å². The number of nitro benzene ring substituents is 1. The van der Waals surface area contributed by atoms with Crippen molar-refractivity contribution in [2.75, 3.05) is 6.54 Å². The molecule has 1 aromatic carbocycles. The molecule has 0 fully saturated rings. The molecule has 1 atom stereocenters. The molecule has 0 saturated heterocycles. The summed E-state index contributed by atoms with van der Waals surface area (Å²) in [5, 5.41) is 22.0. The first kappa shape index (κ1) is 21.4. The maximum Gasteiger partial charge on any atom is 0.269 e. The van der Waals surface area contributed by atoms with Crippen LogP contribution in [0.3, 0.4) is 0 Å². The summed E-state index contributed by atoms with van der Waals surface area (Å²) < 4.78 is 2.02. The van der Waals surface area contributed by atoms with Crippen LogP contribution in [0, 0.1) is 24.0 Å². The predicted octanol–water partition coefficient (Wildman–Crippen LogP) is 3.33. The van der Waals surface area contributed by atoms with Crippen LogP contribution in [-0.2, 0) is 13.1 Å². The number of nitrogens with zero attached hydrogens (tertiary/aromatic N) is 4. The fourth-order valence-electron chi connectivity index (χ4n) is 2.72. The molecular formula is C20H30N6O2. The van der Waals surface area contributed by atoms with E-state index in [1.165, 1.54) is 17.8 Å². The molecule has 0 aliphatic heterocycles. The summed E-state index contributed by atoms with van der Waals surface area (Å²) >= 11 is 0. The first-order valence-corrected chi connectivity index (χ1v) is 9.68. The number of non-ortho nitro benzene ring substituents is 1. The minimum atomic E-state index is -0.396. The average Bonchev–Trinajstić information content (AvgIpc) is 3.00. The first-order chi connectivity index (χ1) is 13.4. The van der Waals surface area contributed by atoms with Gasteiger partial charge in [-0.25, -0.2) is 4.99 Å². The van der Waals surface area contributed by atoms with Crippen LogP contribution in [0.25, 0.3) is 0 Å². The van der Waals surface area contributed by atoms with Crippen LogP contribution in [-0.4, -0.2) is 33.2 Å². The third-order valence-electron chi connectivity index (χ3n) is 4.50. The monoisotopic (exact) mass is 386 g/mol. The second-order valence-corrected chi connectivity index (χ2v) is 6.97. The Morgan fingerprint density at radius 2 is 2.04 bits per heavy atom. The van der Waals surface area contributed by atoms with E-state index in [2.05, 4.69) is 47.6 Å². The average molecular weight is 387 g/mol. The van der Waals surface area contributed by atoms with Gasteiger partial charge in [0.05, 0.1) is 17.2 Å². The second kappa shape index (κ2) is 10.4. The maximum atomic E-state index is 10.8. The third-order valence-corrected chi connectivity index (χ3v) is 4.50. The van der Waals surface area contributed by atoms with E-state index < -0.39 is 4.92 Å². The number of guanidine groups is 1. The van der Waals surface area contributed by atoms with E-state index in [9.17, 15) is 10.1 Å². The number of nitro groups is 1. The molecular weight excluding hydrogens is 356 g/mol. The van der Waals surface area contributed by atoms with Gasteiger partial charge < -0.3 is 10.6 Å².